The fourth-order valence-electron chi connectivity index (χ4n) is 2.61. The molecule has 3 heteroatoms. The molecule has 1 fully saturated rings. The molecule has 2 nitrogen and oxygen atoms in total. The summed E-state index contributed by atoms with van der Waals surface area (Å²) in [6, 6.07) is 0.514. The van der Waals surface area contributed by atoms with Crippen LogP contribution in [0.15, 0.2) is 11.6 Å². The minimum absolute atomic E-state index is 0.514. The minimum atomic E-state index is 0.514. The Kier molecular flexibility index (Phi) is 4.79. The first-order valence-corrected chi connectivity index (χ1v) is 7.42. The first-order chi connectivity index (χ1) is 7.92. The molecule has 0 amide bonds. The van der Waals surface area contributed by atoms with E-state index in [0.717, 1.165) is 12.5 Å². The van der Waals surface area contributed by atoms with Gasteiger partial charge in [-0.3, -0.25) is 0 Å². The molecule has 90 valence electrons. The Hall–Kier alpha value is -0.410. The molecular formula is C13H22N2S. The molecule has 0 bridgehead atoms. The van der Waals surface area contributed by atoms with Gasteiger partial charge in [0.25, 0.3) is 0 Å². The molecule has 0 aliphatic heterocycles. The SMILES string of the molecule is CCCNC(c1nccs1)C1CCCCC1. The highest BCUT2D eigenvalue weighted by atomic mass is 32.1. The molecule has 1 saturated carbocycles. The Morgan fingerprint density at radius 1 is 1.44 bits per heavy atom. The summed E-state index contributed by atoms with van der Waals surface area (Å²) >= 11 is 1.80. The molecule has 0 aromatic carbocycles. The van der Waals surface area contributed by atoms with Crippen LogP contribution in [0.25, 0.3) is 0 Å². The Bertz CT molecular complexity index is 278. The molecule has 1 aliphatic carbocycles. The summed E-state index contributed by atoms with van der Waals surface area (Å²) in [6.45, 7) is 3.34. The van der Waals surface area contributed by atoms with Crippen molar-refractivity contribution in [1.82, 2.24) is 10.3 Å². The second-order valence-electron chi connectivity index (χ2n) is 4.70. The Balaban J connectivity index is 2.01. The fraction of sp³-hybridized carbons (Fsp3) is 0.769. The van der Waals surface area contributed by atoms with Gasteiger partial charge in [0.05, 0.1) is 6.04 Å². The summed E-state index contributed by atoms with van der Waals surface area (Å²) in [4.78, 5) is 4.50. The average Bonchev–Trinajstić information content (AvgIpc) is 2.85. The second kappa shape index (κ2) is 6.36. The molecule has 1 aromatic rings. The normalized spacial score (nSPS) is 19.8. The van der Waals surface area contributed by atoms with Crippen molar-refractivity contribution in [2.24, 2.45) is 5.92 Å². The zero-order valence-corrected chi connectivity index (χ0v) is 10.9. The van der Waals surface area contributed by atoms with E-state index in [1.807, 2.05) is 6.20 Å². The van der Waals surface area contributed by atoms with Crippen LogP contribution < -0.4 is 5.32 Å². The fourth-order valence-corrected chi connectivity index (χ4v) is 3.42. The highest BCUT2D eigenvalue weighted by molar-refractivity contribution is 7.09. The standard InChI is InChI=1S/C13H22N2S/c1-2-8-14-12(13-15-9-10-16-13)11-6-4-3-5-7-11/h9-12,14H,2-8H2,1H3. The van der Waals surface area contributed by atoms with Crippen molar-refractivity contribution in [2.75, 3.05) is 6.54 Å². The topological polar surface area (TPSA) is 24.9 Å². The number of rotatable bonds is 5. The molecule has 16 heavy (non-hydrogen) atoms. The lowest BCUT2D eigenvalue weighted by Crippen LogP contribution is -2.30. The van der Waals surface area contributed by atoms with Crippen molar-refractivity contribution in [3.05, 3.63) is 16.6 Å². The zero-order valence-electron chi connectivity index (χ0n) is 10.1. The Labute approximate surface area is 102 Å². The monoisotopic (exact) mass is 238 g/mol. The number of nitrogens with one attached hydrogen (secondary N) is 1. The maximum atomic E-state index is 4.50. The molecule has 0 radical (unpaired) electrons. The molecule has 1 heterocycles. The molecule has 2 rings (SSSR count). The molecule has 1 aliphatic rings. The van der Waals surface area contributed by atoms with Crippen molar-refractivity contribution >= 4 is 11.3 Å². The third kappa shape index (κ3) is 3.05. The number of aromatic nitrogens is 1. The van der Waals surface area contributed by atoms with E-state index in [4.69, 9.17) is 0 Å². The van der Waals surface area contributed by atoms with Crippen molar-refractivity contribution in [1.29, 1.82) is 0 Å². The van der Waals surface area contributed by atoms with Crippen LogP contribution in [-0.2, 0) is 0 Å². The van der Waals surface area contributed by atoms with Crippen LogP contribution >= 0.6 is 11.3 Å². The van der Waals surface area contributed by atoms with Gasteiger partial charge in [0.1, 0.15) is 5.01 Å². The summed E-state index contributed by atoms with van der Waals surface area (Å²) in [5.41, 5.74) is 0. The van der Waals surface area contributed by atoms with Crippen LogP contribution in [0, 0.1) is 5.92 Å². The highest BCUT2D eigenvalue weighted by Crippen LogP contribution is 2.35. The molecular weight excluding hydrogens is 216 g/mol. The number of hydrogen-bond acceptors (Lipinski definition) is 3. The first-order valence-electron chi connectivity index (χ1n) is 6.54. The van der Waals surface area contributed by atoms with Gasteiger partial charge in [0.2, 0.25) is 0 Å². The lowest BCUT2D eigenvalue weighted by Gasteiger charge is -2.29. The van der Waals surface area contributed by atoms with Crippen molar-refractivity contribution in [3.8, 4) is 0 Å². The van der Waals surface area contributed by atoms with Crippen molar-refractivity contribution in [3.63, 3.8) is 0 Å². The lowest BCUT2D eigenvalue weighted by atomic mass is 9.84. The number of thiazole rings is 1. The summed E-state index contributed by atoms with van der Waals surface area (Å²) in [5.74, 6) is 0.812. The van der Waals surface area contributed by atoms with Gasteiger partial charge in [-0.05, 0) is 31.7 Å². The minimum Gasteiger partial charge on any atom is -0.308 e. The summed E-state index contributed by atoms with van der Waals surface area (Å²) in [5, 5.41) is 7.08. The number of nitrogens with zero attached hydrogens (tertiary/aromatic N) is 1. The van der Waals surface area contributed by atoms with Gasteiger partial charge in [0, 0.05) is 11.6 Å². The van der Waals surface area contributed by atoms with Crippen LogP contribution in [0.1, 0.15) is 56.5 Å². The zero-order chi connectivity index (χ0) is 11.2. The summed E-state index contributed by atoms with van der Waals surface area (Å²) < 4.78 is 0. The van der Waals surface area contributed by atoms with Crippen LogP contribution in [-0.4, -0.2) is 11.5 Å². The molecule has 1 N–H and O–H groups in total. The average molecular weight is 238 g/mol. The Morgan fingerprint density at radius 2 is 2.25 bits per heavy atom. The quantitative estimate of drug-likeness (QED) is 0.844. The van der Waals surface area contributed by atoms with E-state index in [-0.39, 0.29) is 0 Å². The van der Waals surface area contributed by atoms with E-state index < -0.39 is 0 Å². The maximum absolute atomic E-state index is 4.50. The molecule has 1 unspecified atom stereocenters. The van der Waals surface area contributed by atoms with E-state index in [0.29, 0.717) is 6.04 Å². The lowest BCUT2D eigenvalue weighted by molar-refractivity contribution is 0.271. The molecule has 0 saturated heterocycles. The smallest absolute Gasteiger partial charge is 0.110 e. The predicted molar refractivity (Wildman–Crippen MR) is 69.7 cm³/mol. The van der Waals surface area contributed by atoms with Gasteiger partial charge in [-0.15, -0.1) is 11.3 Å². The largest absolute Gasteiger partial charge is 0.308 e. The van der Waals surface area contributed by atoms with Crippen LogP contribution in [0.2, 0.25) is 0 Å². The van der Waals surface area contributed by atoms with E-state index in [2.05, 4.69) is 22.6 Å². The van der Waals surface area contributed by atoms with Gasteiger partial charge in [-0.2, -0.15) is 0 Å². The van der Waals surface area contributed by atoms with Gasteiger partial charge in [0.15, 0.2) is 0 Å². The van der Waals surface area contributed by atoms with E-state index in [1.54, 1.807) is 11.3 Å². The van der Waals surface area contributed by atoms with Gasteiger partial charge < -0.3 is 5.32 Å². The van der Waals surface area contributed by atoms with Crippen LogP contribution in [0.4, 0.5) is 0 Å². The van der Waals surface area contributed by atoms with Crippen LogP contribution in [0.5, 0.6) is 0 Å². The highest BCUT2D eigenvalue weighted by Gasteiger charge is 2.25. The summed E-state index contributed by atoms with van der Waals surface area (Å²) in [7, 11) is 0. The Morgan fingerprint density at radius 3 is 2.88 bits per heavy atom. The van der Waals surface area contributed by atoms with E-state index in [9.17, 15) is 0 Å². The molecule has 1 atom stereocenters. The van der Waals surface area contributed by atoms with E-state index >= 15 is 0 Å². The first kappa shape index (κ1) is 12.1. The third-order valence-corrected chi connectivity index (χ3v) is 4.31. The van der Waals surface area contributed by atoms with Gasteiger partial charge in [-0.25, -0.2) is 4.98 Å². The summed E-state index contributed by atoms with van der Waals surface area (Å²) in [6.07, 6.45) is 10.1. The van der Waals surface area contributed by atoms with Gasteiger partial charge >= 0.3 is 0 Å². The second-order valence-corrected chi connectivity index (χ2v) is 5.63. The maximum Gasteiger partial charge on any atom is 0.110 e. The van der Waals surface area contributed by atoms with Crippen molar-refractivity contribution < 1.29 is 0 Å². The molecule has 0 spiro atoms. The van der Waals surface area contributed by atoms with Crippen LogP contribution in [0.3, 0.4) is 0 Å². The van der Waals surface area contributed by atoms with E-state index in [1.165, 1.54) is 43.5 Å². The molecule has 1 aromatic heterocycles. The van der Waals surface area contributed by atoms with Gasteiger partial charge in [-0.1, -0.05) is 26.2 Å². The number of hydrogen-bond donors (Lipinski definition) is 1. The third-order valence-electron chi connectivity index (χ3n) is 3.45. The predicted octanol–water partition coefficient (Wildman–Crippen LogP) is 3.76. The van der Waals surface area contributed by atoms with Crippen molar-refractivity contribution in [2.45, 2.75) is 51.5 Å².